The molecule has 4 nitrogen and oxygen atoms in total. The molecular weight excluding hydrogens is 645 g/mol. The van der Waals surface area contributed by atoms with Gasteiger partial charge >= 0.3 is 0 Å². The molecule has 11 aromatic rings. The summed E-state index contributed by atoms with van der Waals surface area (Å²) in [5.41, 5.74) is 9.17. The van der Waals surface area contributed by atoms with E-state index in [1.807, 2.05) is 0 Å². The molecule has 12 rings (SSSR count). The van der Waals surface area contributed by atoms with E-state index in [9.17, 15) is 0 Å². The van der Waals surface area contributed by atoms with Crippen LogP contribution in [0.2, 0.25) is 0 Å². The summed E-state index contributed by atoms with van der Waals surface area (Å²) in [4.78, 5) is 16.2. The molecule has 9 aromatic carbocycles. The maximum atomic E-state index is 5.44. The van der Waals surface area contributed by atoms with Crippen molar-refractivity contribution in [2.75, 3.05) is 0 Å². The van der Waals surface area contributed by atoms with Crippen LogP contribution in [0.1, 0.15) is 0 Å². The highest BCUT2D eigenvalue weighted by Gasteiger charge is 2.27. The molecule has 0 amide bonds. The number of benzene rings is 9. The Morgan fingerprint density at radius 3 is 1.49 bits per heavy atom. The summed E-state index contributed by atoms with van der Waals surface area (Å²) in [6, 6.07) is 60.7. The highest BCUT2D eigenvalue weighted by molar-refractivity contribution is 6.31. The van der Waals surface area contributed by atoms with Gasteiger partial charge in [0.05, 0.1) is 11.0 Å². The SMILES string of the molecule is c1ccc2c(c1)-c1cccc3c1c-2cc1c3c2ccc3ccccc3c2n1-c1nc(-c2cccc3ccccc23)nc(-c2cccc3ccccc23)n1. The summed E-state index contributed by atoms with van der Waals surface area (Å²) < 4.78 is 2.31. The van der Waals surface area contributed by atoms with Gasteiger partial charge in [-0.3, -0.25) is 4.57 Å². The van der Waals surface area contributed by atoms with Crippen LogP contribution in [0.15, 0.2) is 170 Å². The molecule has 244 valence electrons. The summed E-state index contributed by atoms with van der Waals surface area (Å²) in [5, 5.41) is 11.7. The zero-order chi connectivity index (χ0) is 34.6. The highest BCUT2D eigenvalue weighted by Crippen LogP contribution is 2.51. The maximum absolute atomic E-state index is 5.44. The average Bonchev–Trinajstić information content (AvgIpc) is 3.74. The molecule has 1 aliphatic rings. The summed E-state index contributed by atoms with van der Waals surface area (Å²) in [7, 11) is 0. The molecule has 2 aromatic heterocycles. The zero-order valence-corrected chi connectivity index (χ0v) is 28.5. The van der Waals surface area contributed by atoms with E-state index in [1.54, 1.807) is 0 Å². The first-order chi connectivity index (χ1) is 26.3. The van der Waals surface area contributed by atoms with Crippen molar-refractivity contribution >= 4 is 64.9 Å². The fourth-order valence-electron chi connectivity index (χ4n) is 8.89. The van der Waals surface area contributed by atoms with Gasteiger partial charge < -0.3 is 0 Å². The number of hydrogen-bond donors (Lipinski definition) is 0. The highest BCUT2D eigenvalue weighted by atomic mass is 15.2. The second kappa shape index (κ2) is 10.7. The standard InChI is InChI=1S/C49H28N4/c1-4-17-32-29(12-1)15-9-23-38(32)47-50-48(39-24-10-16-30-13-2-5-18-33(30)39)52-49(51-47)53-43-28-42-36-21-8-7-20-35(36)37-22-11-25-40(44(37)42)45(43)41-27-26-31-14-3-6-19-34(31)46(41)53/h1-28H. The lowest BCUT2D eigenvalue weighted by Crippen LogP contribution is -2.07. The molecule has 0 fully saturated rings. The molecule has 0 spiro atoms. The number of fused-ring (bicyclic) bond motifs is 11. The Morgan fingerprint density at radius 2 is 0.811 bits per heavy atom. The Labute approximate surface area is 304 Å². The molecule has 0 atom stereocenters. The first-order valence-corrected chi connectivity index (χ1v) is 18.0. The molecule has 0 bridgehead atoms. The third kappa shape index (κ3) is 3.98. The van der Waals surface area contributed by atoms with Gasteiger partial charge in [0.15, 0.2) is 11.6 Å². The van der Waals surface area contributed by atoms with Crippen molar-refractivity contribution in [2.45, 2.75) is 0 Å². The van der Waals surface area contributed by atoms with Crippen LogP contribution < -0.4 is 0 Å². The lowest BCUT2D eigenvalue weighted by Gasteiger charge is -2.14. The van der Waals surface area contributed by atoms with Crippen LogP contribution in [0.5, 0.6) is 0 Å². The van der Waals surface area contributed by atoms with Crippen LogP contribution in [-0.4, -0.2) is 19.5 Å². The minimum absolute atomic E-state index is 0.594. The van der Waals surface area contributed by atoms with Crippen molar-refractivity contribution in [3.63, 3.8) is 0 Å². The zero-order valence-electron chi connectivity index (χ0n) is 28.5. The fourth-order valence-corrected chi connectivity index (χ4v) is 8.89. The Kier molecular flexibility index (Phi) is 5.74. The molecule has 53 heavy (non-hydrogen) atoms. The van der Waals surface area contributed by atoms with Crippen LogP contribution in [0.25, 0.3) is 116 Å². The van der Waals surface area contributed by atoms with Crippen molar-refractivity contribution in [1.29, 1.82) is 0 Å². The number of aromatic nitrogens is 4. The van der Waals surface area contributed by atoms with Crippen molar-refractivity contribution in [3.05, 3.63) is 170 Å². The molecule has 0 radical (unpaired) electrons. The third-order valence-corrected chi connectivity index (χ3v) is 11.2. The molecule has 0 saturated carbocycles. The monoisotopic (exact) mass is 672 g/mol. The Balaban J connectivity index is 1.27. The summed E-state index contributed by atoms with van der Waals surface area (Å²) >= 11 is 0. The van der Waals surface area contributed by atoms with E-state index in [4.69, 9.17) is 15.0 Å². The summed E-state index contributed by atoms with van der Waals surface area (Å²) in [6.45, 7) is 0. The predicted octanol–water partition coefficient (Wildman–Crippen LogP) is 12.6. The molecule has 0 N–H and O–H groups in total. The van der Waals surface area contributed by atoms with Gasteiger partial charge in [-0.25, -0.2) is 4.98 Å². The van der Waals surface area contributed by atoms with E-state index < -0.39 is 0 Å². The van der Waals surface area contributed by atoms with Gasteiger partial charge in [0.25, 0.3) is 0 Å². The van der Waals surface area contributed by atoms with Crippen LogP contribution in [0.4, 0.5) is 0 Å². The lowest BCUT2D eigenvalue weighted by atomic mass is 9.97. The van der Waals surface area contributed by atoms with Crippen molar-refractivity contribution < 1.29 is 0 Å². The minimum Gasteiger partial charge on any atom is -0.277 e. The Hall–Kier alpha value is -7.17. The predicted molar refractivity (Wildman–Crippen MR) is 219 cm³/mol. The Morgan fingerprint density at radius 1 is 0.321 bits per heavy atom. The van der Waals surface area contributed by atoms with E-state index in [0.717, 1.165) is 49.1 Å². The fraction of sp³-hybridized carbons (Fsp3) is 0. The van der Waals surface area contributed by atoms with Gasteiger partial charge in [-0.2, -0.15) is 9.97 Å². The van der Waals surface area contributed by atoms with E-state index >= 15 is 0 Å². The smallest absolute Gasteiger partial charge is 0.238 e. The molecule has 1 aliphatic carbocycles. The van der Waals surface area contributed by atoms with Crippen molar-refractivity contribution in [3.8, 4) is 51.0 Å². The van der Waals surface area contributed by atoms with Gasteiger partial charge in [-0.1, -0.05) is 164 Å². The first-order valence-electron chi connectivity index (χ1n) is 18.0. The van der Waals surface area contributed by atoms with Crippen LogP contribution in [0.3, 0.4) is 0 Å². The second-order valence-electron chi connectivity index (χ2n) is 13.9. The van der Waals surface area contributed by atoms with Gasteiger partial charge in [-0.05, 0) is 66.0 Å². The molecule has 0 saturated heterocycles. The summed E-state index contributed by atoms with van der Waals surface area (Å²) in [5.74, 6) is 1.88. The first kappa shape index (κ1) is 28.5. The molecule has 4 heteroatoms. The van der Waals surface area contributed by atoms with E-state index in [0.29, 0.717) is 17.6 Å². The van der Waals surface area contributed by atoms with Crippen LogP contribution in [-0.2, 0) is 0 Å². The van der Waals surface area contributed by atoms with E-state index in [1.165, 1.54) is 49.2 Å². The average molecular weight is 673 g/mol. The van der Waals surface area contributed by atoms with Crippen LogP contribution >= 0.6 is 0 Å². The van der Waals surface area contributed by atoms with E-state index in [-0.39, 0.29) is 0 Å². The molecule has 0 unspecified atom stereocenters. The molecule has 2 heterocycles. The third-order valence-electron chi connectivity index (χ3n) is 11.2. The van der Waals surface area contributed by atoms with Crippen molar-refractivity contribution in [1.82, 2.24) is 19.5 Å². The van der Waals surface area contributed by atoms with Crippen molar-refractivity contribution in [2.24, 2.45) is 0 Å². The number of hydrogen-bond acceptors (Lipinski definition) is 3. The number of nitrogens with zero attached hydrogens (tertiary/aromatic N) is 4. The largest absolute Gasteiger partial charge is 0.277 e. The molecule has 0 aliphatic heterocycles. The minimum atomic E-state index is 0.594. The van der Waals surface area contributed by atoms with Gasteiger partial charge in [0, 0.05) is 27.3 Å². The number of rotatable bonds is 3. The topological polar surface area (TPSA) is 43.6 Å². The lowest BCUT2D eigenvalue weighted by molar-refractivity contribution is 0.957. The van der Waals surface area contributed by atoms with Crippen LogP contribution in [0, 0.1) is 0 Å². The maximum Gasteiger partial charge on any atom is 0.238 e. The Bertz CT molecular complexity index is 3250. The van der Waals surface area contributed by atoms with Gasteiger partial charge in [0.2, 0.25) is 5.95 Å². The van der Waals surface area contributed by atoms with Gasteiger partial charge in [0.1, 0.15) is 0 Å². The quantitative estimate of drug-likeness (QED) is 0.188. The second-order valence-corrected chi connectivity index (χ2v) is 13.9. The van der Waals surface area contributed by atoms with E-state index in [2.05, 4.69) is 174 Å². The summed E-state index contributed by atoms with van der Waals surface area (Å²) in [6.07, 6.45) is 0. The van der Waals surface area contributed by atoms with Gasteiger partial charge in [-0.15, -0.1) is 0 Å². The normalized spacial score (nSPS) is 12.2. The molecular formula is C49H28N4.